The van der Waals surface area contributed by atoms with E-state index < -0.39 is 36.2 Å². The summed E-state index contributed by atoms with van der Waals surface area (Å²) < 4.78 is 53.0. The number of nitrogens with zero attached hydrogens (tertiary/aromatic N) is 1. The Morgan fingerprint density at radius 3 is 2.71 bits per heavy atom. The molecule has 0 unspecified atom stereocenters. The van der Waals surface area contributed by atoms with E-state index in [1.165, 1.54) is 0 Å². The van der Waals surface area contributed by atoms with Crippen molar-refractivity contribution in [3.63, 3.8) is 0 Å². The summed E-state index contributed by atoms with van der Waals surface area (Å²) in [6.07, 6.45) is -1.90. The van der Waals surface area contributed by atoms with Gasteiger partial charge in [-0.3, -0.25) is 4.98 Å². The molecule has 0 spiro atoms. The number of hydrogen-bond donors (Lipinski definition) is 1. The molecule has 0 saturated heterocycles. The van der Waals surface area contributed by atoms with Crippen LogP contribution in [0.1, 0.15) is 10.4 Å². The maximum absolute atomic E-state index is 12.5. The van der Waals surface area contributed by atoms with Crippen LogP contribution in [0.2, 0.25) is 0 Å². The van der Waals surface area contributed by atoms with E-state index in [1.807, 2.05) is 0 Å². The minimum atomic E-state index is -4.34. The van der Waals surface area contributed by atoms with Gasteiger partial charge in [-0.15, -0.1) is 0 Å². The molecule has 0 aromatic carbocycles. The number of pyridine rings is 1. The molecule has 1 N–H and O–H groups in total. The number of carboxylic acids is 1. The highest BCUT2D eigenvalue weighted by Crippen LogP contribution is 2.25. The number of alkyl halides is 4. The number of aromatic carboxylic acids is 1. The Bertz CT molecular complexity index is 411. The van der Waals surface area contributed by atoms with E-state index in [0.717, 1.165) is 18.5 Å². The van der Waals surface area contributed by atoms with Crippen molar-refractivity contribution in [3.05, 3.63) is 24.0 Å². The zero-order chi connectivity index (χ0) is 13.1. The number of ether oxygens (including phenoxy) is 1. The van der Waals surface area contributed by atoms with Crippen molar-refractivity contribution in [2.45, 2.75) is 12.3 Å². The average Bonchev–Trinajstić information content (AvgIpc) is 2.26. The van der Waals surface area contributed by atoms with Crippen LogP contribution in [0.4, 0.5) is 17.6 Å². The van der Waals surface area contributed by atoms with Crippen LogP contribution >= 0.6 is 0 Å². The molecule has 0 aliphatic heterocycles. The second kappa shape index (κ2) is 4.98. The van der Waals surface area contributed by atoms with Gasteiger partial charge in [0.1, 0.15) is 5.56 Å². The van der Waals surface area contributed by atoms with E-state index in [2.05, 4.69) is 9.72 Å². The SMILES string of the molecule is O=C(O)c1ccncc1OCC(F)(F)C(F)F. The summed E-state index contributed by atoms with van der Waals surface area (Å²) in [6, 6.07) is 1.01. The first-order valence-corrected chi connectivity index (χ1v) is 4.30. The highest BCUT2D eigenvalue weighted by Gasteiger charge is 2.42. The van der Waals surface area contributed by atoms with E-state index in [4.69, 9.17) is 5.11 Å². The Balaban J connectivity index is 2.79. The third-order valence-corrected chi connectivity index (χ3v) is 1.75. The van der Waals surface area contributed by atoms with E-state index in [9.17, 15) is 22.4 Å². The molecule has 1 rings (SSSR count). The monoisotopic (exact) mass is 253 g/mol. The molecule has 17 heavy (non-hydrogen) atoms. The molecular weight excluding hydrogens is 246 g/mol. The Kier molecular flexibility index (Phi) is 3.87. The fourth-order valence-corrected chi connectivity index (χ4v) is 0.909. The number of halogens is 4. The Hall–Kier alpha value is -1.86. The molecular formula is C9H7F4NO3. The number of aromatic nitrogens is 1. The van der Waals surface area contributed by atoms with Crippen molar-refractivity contribution < 1.29 is 32.2 Å². The Labute approximate surface area is 92.8 Å². The first-order chi connectivity index (χ1) is 7.84. The van der Waals surface area contributed by atoms with E-state index in [1.54, 1.807) is 0 Å². The van der Waals surface area contributed by atoms with Gasteiger partial charge in [0.15, 0.2) is 12.4 Å². The molecule has 0 radical (unpaired) electrons. The Morgan fingerprint density at radius 2 is 2.18 bits per heavy atom. The van der Waals surface area contributed by atoms with Gasteiger partial charge in [-0.25, -0.2) is 13.6 Å². The molecule has 0 amide bonds. The minimum Gasteiger partial charge on any atom is -0.485 e. The van der Waals surface area contributed by atoms with Gasteiger partial charge in [0.2, 0.25) is 0 Å². The first-order valence-electron chi connectivity index (χ1n) is 4.30. The van der Waals surface area contributed by atoms with Gasteiger partial charge in [0.25, 0.3) is 0 Å². The van der Waals surface area contributed by atoms with Crippen LogP contribution in [0.3, 0.4) is 0 Å². The lowest BCUT2D eigenvalue weighted by Gasteiger charge is -2.16. The fraction of sp³-hybridized carbons (Fsp3) is 0.333. The summed E-state index contributed by atoms with van der Waals surface area (Å²) in [5, 5.41) is 8.66. The van der Waals surface area contributed by atoms with Crippen LogP contribution in [0, 0.1) is 0 Å². The van der Waals surface area contributed by atoms with Gasteiger partial charge in [-0.2, -0.15) is 8.78 Å². The highest BCUT2D eigenvalue weighted by molar-refractivity contribution is 5.90. The minimum absolute atomic E-state index is 0.426. The van der Waals surface area contributed by atoms with E-state index in [0.29, 0.717) is 0 Å². The summed E-state index contributed by atoms with van der Waals surface area (Å²) in [5.41, 5.74) is -0.426. The molecule has 0 aliphatic carbocycles. The maximum Gasteiger partial charge on any atom is 0.340 e. The largest absolute Gasteiger partial charge is 0.485 e. The normalized spacial score (nSPS) is 11.6. The van der Waals surface area contributed by atoms with Gasteiger partial charge in [-0.05, 0) is 6.07 Å². The van der Waals surface area contributed by atoms with E-state index >= 15 is 0 Å². The van der Waals surface area contributed by atoms with Crippen LogP contribution in [-0.2, 0) is 0 Å². The first kappa shape index (κ1) is 13.2. The molecule has 0 atom stereocenters. The van der Waals surface area contributed by atoms with Crippen molar-refractivity contribution in [2.75, 3.05) is 6.61 Å². The third-order valence-electron chi connectivity index (χ3n) is 1.75. The molecule has 1 aromatic rings. The quantitative estimate of drug-likeness (QED) is 0.816. The van der Waals surface area contributed by atoms with Crippen LogP contribution in [0.25, 0.3) is 0 Å². The molecule has 1 aromatic heterocycles. The van der Waals surface area contributed by atoms with Crippen molar-refractivity contribution in [1.29, 1.82) is 0 Å². The second-order valence-electron chi connectivity index (χ2n) is 3.03. The van der Waals surface area contributed by atoms with Crippen LogP contribution in [0.5, 0.6) is 5.75 Å². The fourth-order valence-electron chi connectivity index (χ4n) is 0.909. The molecule has 94 valence electrons. The zero-order valence-electron chi connectivity index (χ0n) is 8.24. The Morgan fingerprint density at radius 1 is 1.53 bits per heavy atom. The van der Waals surface area contributed by atoms with Crippen LogP contribution in [-0.4, -0.2) is 35.0 Å². The maximum atomic E-state index is 12.5. The molecule has 0 fully saturated rings. The smallest absolute Gasteiger partial charge is 0.340 e. The van der Waals surface area contributed by atoms with Crippen molar-refractivity contribution in [1.82, 2.24) is 4.98 Å². The molecule has 0 aliphatic rings. The standard InChI is InChI=1S/C9H7F4NO3/c10-8(11)9(12,13)4-17-6-3-14-2-1-5(6)7(15)16/h1-3,8H,4H2,(H,15,16). The number of hydrogen-bond acceptors (Lipinski definition) is 3. The second-order valence-corrected chi connectivity index (χ2v) is 3.03. The van der Waals surface area contributed by atoms with Gasteiger partial charge in [-0.1, -0.05) is 0 Å². The lowest BCUT2D eigenvalue weighted by molar-refractivity contribution is -0.148. The zero-order valence-corrected chi connectivity index (χ0v) is 8.24. The summed E-state index contributed by atoms with van der Waals surface area (Å²) in [5.74, 6) is -6.26. The van der Waals surface area contributed by atoms with E-state index in [-0.39, 0.29) is 0 Å². The van der Waals surface area contributed by atoms with Gasteiger partial charge in [0.05, 0.1) is 6.20 Å². The van der Waals surface area contributed by atoms with Gasteiger partial charge in [0, 0.05) is 6.20 Å². The van der Waals surface area contributed by atoms with Crippen LogP contribution in [0.15, 0.2) is 18.5 Å². The van der Waals surface area contributed by atoms with Gasteiger partial charge < -0.3 is 9.84 Å². The number of carbonyl (C=O) groups is 1. The summed E-state index contributed by atoms with van der Waals surface area (Å²) >= 11 is 0. The average molecular weight is 253 g/mol. The predicted molar refractivity (Wildman–Crippen MR) is 47.6 cm³/mol. The summed E-state index contributed by atoms with van der Waals surface area (Å²) in [6.45, 7) is -1.61. The lowest BCUT2D eigenvalue weighted by Crippen LogP contribution is -2.34. The molecule has 4 nitrogen and oxygen atoms in total. The van der Waals surface area contributed by atoms with Crippen molar-refractivity contribution in [2.24, 2.45) is 0 Å². The predicted octanol–water partition coefficient (Wildman–Crippen LogP) is 2.06. The van der Waals surface area contributed by atoms with Crippen LogP contribution < -0.4 is 4.74 Å². The molecule has 0 saturated carbocycles. The molecule has 8 heteroatoms. The topological polar surface area (TPSA) is 59.4 Å². The van der Waals surface area contributed by atoms with Crippen molar-refractivity contribution >= 4 is 5.97 Å². The summed E-state index contributed by atoms with van der Waals surface area (Å²) in [4.78, 5) is 14.1. The lowest BCUT2D eigenvalue weighted by atomic mass is 10.2. The number of rotatable bonds is 5. The number of carboxylic acid groups (broad SMARTS) is 1. The van der Waals surface area contributed by atoms with Gasteiger partial charge >= 0.3 is 18.3 Å². The molecule has 0 bridgehead atoms. The highest BCUT2D eigenvalue weighted by atomic mass is 19.3. The third kappa shape index (κ3) is 3.30. The molecule has 1 heterocycles. The summed E-state index contributed by atoms with van der Waals surface area (Å²) in [7, 11) is 0. The van der Waals surface area contributed by atoms with Crippen molar-refractivity contribution in [3.8, 4) is 5.75 Å².